The van der Waals surface area contributed by atoms with Gasteiger partial charge in [-0.05, 0) is 32.2 Å². The Morgan fingerprint density at radius 1 is 1.30 bits per heavy atom. The summed E-state index contributed by atoms with van der Waals surface area (Å²) < 4.78 is 0. The van der Waals surface area contributed by atoms with Crippen LogP contribution in [-0.4, -0.2) is 64.7 Å². The van der Waals surface area contributed by atoms with Crippen molar-refractivity contribution in [3.05, 3.63) is 12.2 Å². The van der Waals surface area contributed by atoms with Crippen LogP contribution in [0.4, 0.5) is 0 Å². The molecule has 1 heterocycles. The molecule has 130 valence electrons. The molecule has 1 saturated heterocycles. The number of hydrogen-bond acceptors (Lipinski definition) is 5. The summed E-state index contributed by atoms with van der Waals surface area (Å²) in [4.78, 5) is 35.7. The van der Waals surface area contributed by atoms with Gasteiger partial charge in [0.2, 0.25) is 5.91 Å². The van der Waals surface area contributed by atoms with Crippen molar-refractivity contribution in [2.45, 2.75) is 44.2 Å². The number of carboxylic acids is 2. The van der Waals surface area contributed by atoms with Crippen molar-refractivity contribution in [3.63, 3.8) is 0 Å². The number of unbranched alkanes of at least 4 members (excludes halogenated alkanes) is 1. The zero-order valence-corrected chi connectivity index (χ0v) is 13.1. The van der Waals surface area contributed by atoms with Crippen LogP contribution in [0.5, 0.6) is 0 Å². The van der Waals surface area contributed by atoms with Gasteiger partial charge < -0.3 is 26.2 Å². The van der Waals surface area contributed by atoms with E-state index in [0.717, 1.165) is 18.9 Å². The van der Waals surface area contributed by atoms with Crippen molar-refractivity contribution in [2.75, 3.05) is 19.6 Å². The van der Waals surface area contributed by atoms with Crippen LogP contribution in [0.15, 0.2) is 12.2 Å². The molecule has 1 amide bonds. The summed E-state index contributed by atoms with van der Waals surface area (Å²) in [6.07, 6.45) is 5.63. The molecule has 0 radical (unpaired) electrons. The van der Waals surface area contributed by atoms with Crippen LogP contribution in [0.1, 0.15) is 32.1 Å². The number of carboxylic acid groups (broad SMARTS) is 2. The number of nitrogens with one attached hydrogen (secondary N) is 1. The lowest BCUT2D eigenvalue weighted by Gasteiger charge is -2.27. The molecule has 23 heavy (non-hydrogen) atoms. The van der Waals surface area contributed by atoms with Gasteiger partial charge in [-0.15, -0.1) is 0 Å². The summed E-state index contributed by atoms with van der Waals surface area (Å²) in [5.41, 5.74) is 5.46. The minimum absolute atomic E-state index is 0.233. The molecule has 1 aliphatic heterocycles. The van der Waals surface area contributed by atoms with Gasteiger partial charge in [-0.2, -0.15) is 0 Å². The van der Waals surface area contributed by atoms with Crippen molar-refractivity contribution in [3.8, 4) is 0 Å². The minimum Gasteiger partial charge on any atom is -0.480 e. The molecule has 1 fully saturated rings. The lowest BCUT2D eigenvalue weighted by Crippen LogP contribution is -2.50. The predicted octanol–water partition coefficient (Wildman–Crippen LogP) is -0.210. The Bertz CT molecular complexity index is 452. The zero-order chi connectivity index (χ0) is 17.2. The van der Waals surface area contributed by atoms with Gasteiger partial charge in [-0.25, -0.2) is 9.59 Å². The van der Waals surface area contributed by atoms with E-state index in [9.17, 15) is 19.5 Å². The zero-order valence-electron chi connectivity index (χ0n) is 13.1. The first-order valence-corrected chi connectivity index (χ1v) is 7.83. The number of carbonyl (C=O) groups excluding carboxylic acids is 1. The first kappa shape index (κ1) is 19.1. The third-order valence-electron chi connectivity index (χ3n) is 3.81. The second-order valence-electron chi connectivity index (χ2n) is 5.51. The van der Waals surface area contributed by atoms with E-state index in [4.69, 9.17) is 10.8 Å². The van der Waals surface area contributed by atoms with Gasteiger partial charge >= 0.3 is 11.9 Å². The molecule has 8 heteroatoms. The highest BCUT2D eigenvalue weighted by Crippen LogP contribution is 2.19. The Hall–Kier alpha value is -1.93. The van der Waals surface area contributed by atoms with E-state index in [0.29, 0.717) is 32.4 Å². The van der Waals surface area contributed by atoms with Gasteiger partial charge in [0.15, 0.2) is 0 Å². The number of likely N-dealkylation sites (tertiary alicyclic amines) is 1. The van der Waals surface area contributed by atoms with Crippen LogP contribution in [0.2, 0.25) is 0 Å². The van der Waals surface area contributed by atoms with E-state index in [1.807, 2.05) is 0 Å². The van der Waals surface area contributed by atoms with E-state index >= 15 is 0 Å². The number of rotatable bonds is 10. The molecule has 0 aromatic carbocycles. The monoisotopic (exact) mass is 327 g/mol. The van der Waals surface area contributed by atoms with Crippen LogP contribution in [0.3, 0.4) is 0 Å². The maximum Gasteiger partial charge on any atom is 0.328 e. The molecule has 0 saturated carbocycles. The minimum atomic E-state index is -1.05. The Morgan fingerprint density at radius 2 is 2.04 bits per heavy atom. The highest BCUT2D eigenvalue weighted by Gasteiger charge is 2.36. The summed E-state index contributed by atoms with van der Waals surface area (Å²) in [6, 6.07) is -1.30. The summed E-state index contributed by atoms with van der Waals surface area (Å²) in [7, 11) is 0. The summed E-state index contributed by atoms with van der Waals surface area (Å²) in [6.45, 7) is 1.20. The predicted molar refractivity (Wildman–Crippen MR) is 83.8 cm³/mol. The fourth-order valence-electron chi connectivity index (χ4n) is 2.66. The molecule has 0 aromatic rings. The van der Waals surface area contributed by atoms with Crippen LogP contribution in [-0.2, 0) is 14.4 Å². The van der Waals surface area contributed by atoms with Crippen molar-refractivity contribution in [2.24, 2.45) is 5.73 Å². The lowest BCUT2D eigenvalue weighted by molar-refractivity contribution is -0.149. The fraction of sp³-hybridized carbons (Fsp3) is 0.667. The van der Waals surface area contributed by atoms with Gasteiger partial charge in [0.05, 0.1) is 6.04 Å². The van der Waals surface area contributed by atoms with Crippen LogP contribution in [0.25, 0.3) is 0 Å². The molecule has 1 rings (SSSR count). The van der Waals surface area contributed by atoms with Crippen molar-refractivity contribution < 1.29 is 24.6 Å². The highest BCUT2D eigenvalue weighted by atomic mass is 16.4. The van der Waals surface area contributed by atoms with E-state index < -0.39 is 24.0 Å². The van der Waals surface area contributed by atoms with E-state index in [2.05, 4.69) is 5.32 Å². The number of carbonyl (C=O) groups is 3. The number of hydrogen-bond donors (Lipinski definition) is 4. The van der Waals surface area contributed by atoms with Crippen LogP contribution in [0, 0.1) is 0 Å². The van der Waals surface area contributed by atoms with E-state index in [1.54, 1.807) is 0 Å². The molecular formula is C15H25N3O5. The van der Waals surface area contributed by atoms with E-state index in [-0.39, 0.29) is 12.5 Å². The molecule has 0 aliphatic carbocycles. The first-order chi connectivity index (χ1) is 11.0. The fourth-order valence-corrected chi connectivity index (χ4v) is 2.66. The molecule has 2 atom stereocenters. The number of nitrogens with zero attached hydrogens (tertiary/aromatic N) is 1. The highest BCUT2D eigenvalue weighted by molar-refractivity contribution is 5.87. The van der Waals surface area contributed by atoms with Crippen molar-refractivity contribution in [1.82, 2.24) is 10.2 Å². The normalized spacial score (nSPS) is 19.2. The maximum atomic E-state index is 12.6. The van der Waals surface area contributed by atoms with Gasteiger partial charge in [-0.1, -0.05) is 12.5 Å². The number of aliphatic carboxylic acids is 2. The molecule has 8 nitrogen and oxygen atoms in total. The second kappa shape index (κ2) is 9.96. The van der Waals surface area contributed by atoms with Gasteiger partial charge in [0, 0.05) is 19.2 Å². The molecule has 0 aromatic heterocycles. The molecular weight excluding hydrogens is 302 g/mol. The first-order valence-electron chi connectivity index (χ1n) is 7.83. The van der Waals surface area contributed by atoms with Crippen LogP contribution >= 0.6 is 0 Å². The van der Waals surface area contributed by atoms with Crippen molar-refractivity contribution in [1.29, 1.82) is 0 Å². The molecule has 0 bridgehead atoms. The molecule has 5 N–H and O–H groups in total. The standard InChI is InChI=1S/C15H25N3O5/c16-8-2-1-5-11(17-9-3-7-13(19)20)14(21)18-10-4-6-12(18)15(22)23/h3,7,11-12,17H,1-2,4-6,8-10,16H2,(H,19,20)(H,22,23)/t11-,12-/m0/s1. The van der Waals surface area contributed by atoms with Crippen LogP contribution < -0.4 is 11.1 Å². The second-order valence-corrected chi connectivity index (χ2v) is 5.51. The summed E-state index contributed by atoms with van der Waals surface area (Å²) in [5.74, 6) is -2.28. The average molecular weight is 327 g/mol. The number of amides is 1. The lowest BCUT2D eigenvalue weighted by atomic mass is 10.1. The Kier molecular flexibility index (Phi) is 8.28. The Morgan fingerprint density at radius 3 is 2.65 bits per heavy atom. The van der Waals surface area contributed by atoms with E-state index in [1.165, 1.54) is 11.0 Å². The third kappa shape index (κ3) is 6.37. The van der Waals surface area contributed by atoms with Gasteiger partial charge in [-0.3, -0.25) is 4.79 Å². The van der Waals surface area contributed by atoms with Gasteiger partial charge in [0.1, 0.15) is 6.04 Å². The molecule has 1 aliphatic rings. The smallest absolute Gasteiger partial charge is 0.328 e. The third-order valence-corrected chi connectivity index (χ3v) is 3.81. The maximum absolute atomic E-state index is 12.6. The largest absolute Gasteiger partial charge is 0.480 e. The Balaban J connectivity index is 2.66. The van der Waals surface area contributed by atoms with Crippen molar-refractivity contribution >= 4 is 17.8 Å². The average Bonchev–Trinajstić information content (AvgIpc) is 2.98. The Labute approximate surface area is 135 Å². The SMILES string of the molecule is NCCCC[C@H](NCC=CC(=O)O)C(=O)N1CCC[C@H]1C(=O)O. The molecule has 0 unspecified atom stereocenters. The van der Waals surface area contributed by atoms with Gasteiger partial charge in [0.25, 0.3) is 0 Å². The number of nitrogens with two attached hydrogens (primary N) is 1. The summed E-state index contributed by atoms with van der Waals surface area (Å²) in [5, 5.41) is 20.8. The quantitative estimate of drug-likeness (QED) is 0.322. The molecule has 0 spiro atoms. The summed E-state index contributed by atoms with van der Waals surface area (Å²) >= 11 is 0. The topological polar surface area (TPSA) is 133 Å².